The fourth-order valence-corrected chi connectivity index (χ4v) is 2.62. The van der Waals surface area contributed by atoms with Crippen molar-refractivity contribution in [3.63, 3.8) is 0 Å². The highest BCUT2D eigenvalue weighted by atomic mass is 16.5. The fourth-order valence-electron chi connectivity index (χ4n) is 2.62. The largest absolute Gasteiger partial charge is 0.493 e. The van der Waals surface area contributed by atoms with Crippen molar-refractivity contribution >= 4 is 17.6 Å². The normalized spacial score (nSPS) is 10.2. The maximum absolute atomic E-state index is 12.1. The molecule has 0 heterocycles. The Balaban J connectivity index is 1.82. The van der Waals surface area contributed by atoms with E-state index >= 15 is 0 Å². The van der Waals surface area contributed by atoms with Crippen molar-refractivity contribution in [1.29, 1.82) is 0 Å². The molecule has 2 aromatic carbocycles. The summed E-state index contributed by atoms with van der Waals surface area (Å²) in [7, 11) is 3.20. The number of carbonyl (C=O) groups is 2. The van der Waals surface area contributed by atoms with E-state index in [0.717, 1.165) is 12.0 Å². The standard InChI is InChI=1S/C21H25NO5/c1-4-27-21(24)16-9-11-17(12-10-16)22-20(23)7-5-6-15-8-13-18(25-2)19(14-15)26-3/h8-14H,4-7H2,1-3H3,(H,22,23). The van der Waals surface area contributed by atoms with Gasteiger partial charge in [0.15, 0.2) is 11.5 Å². The number of esters is 1. The molecule has 0 atom stereocenters. The van der Waals surface area contributed by atoms with Gasteiger partial charge in [-0.3, -0.25) is 4.79 Å². The van der Waals surface area contributed by atoms with E-state index in [4.69, 9.17) is 14.2 Å². The first-order chi connectivity index (χ1) is 13.1. The Kier molecular flexibility index (Phi) is 7.67. The van der Waals surface area contributed by atoms with Crippen LogP contribution in [0.4, 0.5) is 5.69 Å². The number of anilines is 1. The van der Waals surface area contributed by atoms with Crippen molar-refractivity contribution in [2.24, 2.45) is 0 Å². The number of hydrogen-bond donors (Lipinski definition) is 1. The number of rotatable bonds is 9. The van der Waals surface area contributed by atoms with Crippen LogP contribution in [0, 0.1) is 0 Å². The molecule has 1 N–H and O–H groups in total. The summed E-state index contributed by atoms with van der Waals surface area (Å²) in [6.45, 7) is 2.09. The van der Waals surface area contributed by atoms with Gasteiger partial charge in [-0.2, -0.15) is 0 Å². The molecule has 0 aromatic heterocycles. The molecule has 0 fully saturated rings. The minimum Gasteiger partial charge on any atom is -0.493 e. The van der Waals surface area contributed by atoms with Crippen LogP contribution in [0.15, 0.2) is 42.5 Å². The van der Waals surface area contributed by atoms with Gasteiger partial charge >= 0.3 is 5.97 Å². The van der Waals surface area contributed by atoms with Gasteiger partial charge in [-0.15, -0.1) is 0 Å². The fraction of sp³-hybridized carbons (Fsp3) is 0.333. The van der Waals surface area contributed by atoms with Crippen molar-refractivity contribution in [2.75, 3.05) is 26.1 Å². The summed E-state index contributed by atoms with van der Waals surface area (Å²) < 4.78 is 15.4. The zero-order valence-corrected chi connectivity index (χ0v) is 15.9. The first-order valence-corrected chi connectivity index (χ1v) is 8.85. The number of nitrogens with one attached hydrogen (secondary N) is 1. The molecule has 0 unspecified atom stereocenters. The second kappa shape index (κ2) is 10.2. The van der Waals surface area contributed by atoms with Gasteiger partial charge in [-0.25, -0.2) is 4.79 Å². The van der Waals surface area contributed by atoms with Gasteiger partial charge in [0.25, 0.3) is 0 Å². The van der Waals surface area contributed by atoms with E-state index in [-0.39, 0.29) is 11.9 Å². The van der Waals surface area contributed by atoms with Gasteiger partial charge in [0.2, 0.25) is 5.91 Å². The third-order valence-electron chi connectivity index (χ3n) is 4.00. The summed E-state index contributed by atoms with van der Waals surface area (Å²) in [6.07, 6.45) is 1.87. The maximum atomic E-state index is 12.1. The Bertz CT molecular complexity index is 771. The molecule has 0 aliphatic heterocycles. The summed E-state index contributed by atoms with van der Waals surface area (Å²) in [4.78, 5) is 23.7. The van der Waals surface area contributed by atoms with Gasteiger partial charge in [0.05, 0.1) is 26.4 Å². The molecular weight excluding hydrogens is 346 g/mol. The average Bonchev–Trinajstić information content (AvgIpc) is 2.68. The third-order valence-corrected chi connectivity index (χ3v) is 4.00. The Labute approximate surface area is 159 Å². The van der Waals surface area contributed by atoms with E-state index in [9.17, 15) is 9.59 Å². The lowest BCUT2D eigenvalue weighted by molar-refractivity contribution is -0.116. The Morgan fingerprint density at radius 1 is 0.963 bits per heavy atom. The molecule has 0 saturated carbocycles. The maximum Gasteiger partial charge on any atom is 0.338 e. The lowest BCUT2D eigenvalue weighted by Gasteiger charge is -2.10. The molecule has 0 aliphatic rings. The smallest absolute Gasteiger partial charge is 0.338 e. The molecule has 6 heteroatoms. The first-order valence-electron chi connectivity index (χ1n) is 8.85. The van der Waals surface area contributed by atoms with E-state index in [1.54, 1.807) is 45.4 Å². The van der Waals surface area contributed by atoms with Gasteiger partial charge < -0.3 is 19.5 Å². The monoisotopic (exact) mass is 371 g/mol. The van der Waals surface area contributed by atoms with E-state index < -0.39 is 0 Å². The average molecular weight is 371 g/mol. The van der Waals surface area contributed by atoms with Crippen molar-refractivity contribution in [3.05, 3.63) is 53.6 Å². The molecule has 2 rings (SSSR count). The van der Waals surface area contributed by atoms with E-state index in [2.05, 4.69) is 5.32 Å². The Morgan fingerprint density at radius 2 is 1.67 bits per heavy atom. The highest BCUT2D eigenvalue weighted by Gasteiger charge is 2.08. The molecule has 6 nitrogen and oxygen atoms in total. The van der Waals surface area contributed by atoms with Gasteiger partial charge in [0, 0.05) is 12.1 Å². The highest BCUT2D eigenvalue weighted by Crippen LogP contribution is 2.28. The highest BCUT2D eigenvalue weighted by molar-refractivity contribution is 5.93. The number of aryl methyl sites for hydroxylation is 1. The summed E-state index contributed by atoms with van der Waals surface area (Å²) in [5.41, 5.74) is 2.20. The van der Waals surface area contributed by atoms with E-state index in [1.807, 2.05) is 18.2 Å². The lowest BCUT2D eigenvalue weighted by Crippen LogP contribution is -2.12. The van der Waals surface area contributed by atoms with Crippen LogP contribution in [0.1, 0.15) is 35.7 Å². The SMILES string of the molecule is CCOC(=O)c1ccc(NC(=O)CCCc2ccc(OC)c(OC)c2)cc1. The van der Waals surface area contributed by atoms with Crippen LogP contribution in [0.5, 0.6) is 11.5 Å². The minimum absolute atomic E-state index is 0.0700. The van der Waals surface area contributed by atoms with Gasteiger partial charge in [0.1, 0.15) is 0 Å². The second-order valence-corrected chi connectivity index (χ2v) is 5.89. The van der Waals surface area contributed by atoms with Crippen molar-refractivity contribution in [2.45, 2.75) is 26.2 Å². The van der Waals surface area contributed by atoms with E-state index in [0.29, 0.717) is 42.2 Å². The molecule has 144 valence electrons. The number of ether oxygens (including phenoxy) is 3. The molecule has 1 amide bonds. The number of methoxy groups -OCH3 is 2. The summed E-state index contributed by atoms with van der Waals surface area (Å²) in [6, 6.07) is 12.4. The number of carbonyl (C=O) groups excluding carboxylic acids is 2. The van der Waals surface area contributed by atoms with Crippen LogP contribution in [0.3, 0.4) is 0 Å². The van der Waals surface area contributed by atoms with Crippen LogP contribution in [-0.2, 0) is 16.0 Å². The second-order valence-electron chi connectivity index (χ2n) is 5.89. The number of hydrogen-bond acceptors (Lipinski definition) is 5. The summed E-state index contributed by atoms with van der Waals surface area (Å²) in [5.74, 6) is 0.927. The molecule has 0 aliphatic carbocycles. The molecule has 0 spiro atoms. The van der Waals surface area contributed by atoms with Gasteiger partial charge in [-0.1, -0.05) is 6.07 Å². The lowest BCUT2D eigenvalue weighted by atomic mass is 10.1. The van der Waals surface area contributed by atoms with Crippen molar-refractivity contribution < 1.29 is 23.8 Å². The summed E-state index contributed by atoms with van der Waals surface area (Å²) in [5, 5.41) is 2.83. The number of benzene rings is 2. The van der Waals surface area contributed by atoms with Crippen molar-refractivity contribution in [3.8, 4) is 11.5 Å². The van der Waals surface area contributed by atoms with E-state index in [1.165, 1.54) is 0 Å². The number of amides is 1. The van der Waals surface area contributed by atoms with Crippen LogP contribution >= 0.6 is 0 Å². The Hall–Kier alpha value is -3.02. The molecule has 0 bridgehead atoms. The predicted octanol–water partition coefficient (Wildman–Crippen LogP) is 3.84. The first kappa shape index (κ1) is 20.3. The topological polar surface area (TPSA) is 73.9 Å². The summed E-state index contributed by atoms with van der Waals surface area (Å²) >= 11 is 0. The molecule has 0 saturated heterocycles. The third kappa shape index (κ3) is 6.02. The molecule has 2 aromatic rings. The van der Waals surface area contributed by atoms with Crippen LogP contribution in [-0.4, -0.2) is 32.7 Å². The van der Waals surface area contributed by atoms with Crippen LogP contribution < -0.4 is 14.8 Å². The van der Waals surface area contributed by atoms with Crippen molar-refractivity contribution in [1.82, 2.24) is 0 Å². The zero-order valence-electron chi connectivity index (χ0n) is 15.9. The molecule has 27 heavy (non-hydrogen) atoms. The van der Waals surface area contributed by atoms with Crippen LogP contribution in [0.25, 0.3) is 0 Å². The quantitative estimate of drug-likeness (QED) is 0.678. The minimum atomic E-state index is -0.370. The van der Waals surface area contributed by atoms with Crippen LogP contribution in [0.2, 0.25) is 0 Å². The molecule has 0 radical (unpaired) electrons. The zero-order chi connectivity index (χ0) is 19.6. The Morgan fingerprint density at radius 3 is 2.30 bits per heavy atom. The van der Waals surface area contributed by atoms with Gasteiger partial charge in [-0.05, 0) is 61.7 Å². The predicted molar refractivity (Wildman–Crippen MR) is 104 cm³/mol. The molecular formula is C21H25NO5.